The summed E-state index contributed by atoms with van der Waals surface area (Å²) in [5, 5.41) is 12.8. The van der Waals surface area contributed by atoms with Gasteiger partial charge in [-0.1, -0.05) is 12.2 Å². The van der Waals surface area contributed by atoms with E-state index >= 15 is 0 Å². The Hall–Kier alpha value is -2.63. The van der Waals surface area contributed by atoms with Crippen molar-refractivity contribution in [2.75, 3.05) is 18.9 Å². The first-order chi connectivity index (χ1) is 15.4. The van der Waals surface area contributed by atoms with Crippen molar-refractivity contribution in [3.8, 4) is 0 Å². The van der Waals surface area contributed by atoms with Gasteiger partial charge in [-0.15, -0.1) is 0 Å². The first-order valence-corrected chi connectivity index (χ1v) is 9.97. The summed E-state index contributed by atoms with van der Waals surface area (Å²) in [6.45, 7) is 0.256. The number of aromatic nitrogens is 4. The molecule has 31 heavy (non-hydrogen) atoms. The molecule has 2 aromatic heterocycles. The summed E-state index contributed by atoms with van der Waals surface area (Å²) in [6.07, 6.45) is 6.18. The third-order valence-electron chi connectivity index (χ3n) is 4.80. The highest BCUT2D eigenvalue weighted by molar-refractivity contribution is 7.09. The maximum atomic E-state index is 12.3. The molecule has 1 fully saturated rings. The highest BCUT2D eigenvalue weighted by Gasteiger charge is 2.35. The number of carbonyl (C=O) groups is 1. The average molecular weight is 453 g/mol. The fraction of sp³-hybridized carbons (Fsp3) is 0.444. The third-order valence-corrected chi connectivity index (χ3v) is 4.96. The van der Waals surface area contributed by atoms with Gasteiger partial charge in [-0.05, 0) is 0 Å². The number of anilines is 1. The predicted molar refractivity (Wildman–Crippen MR) is 115 cm³/mol. The smallest absolute Gasteiger partial charge is 0.351 e. The minimum atomic E-state index is -0.832. The number of imidazole rings is 1. The van der Waals surface area contributed by atoms with Gasteiger partial charge in [-0.2, -0.15) is 4.98 Å². The van der Waals surface area contributed by atoms with E-state index in [9.17, 15) is 14.7 Å². The molecule has 5 atom stereocenters. The maximum absolute atomic E-state index is 12.3. The number of H-pyrrole nitrogens is 1. The van der Waals surface area contributed by atoms with Crippen molar-refractivity contribution >= 4 is 27.2 Å². The first-order valence-electron chi connectivity index (χ1n) is 10.1. The molecule has 5 unspecified atom stereocenters. The zero-order chi connectivity index (χ0) is 23.1. The normalized spacial score (nSPS) is 22.9. The second kappa shape index (κ2) is 10.6. The van der Waals surface area contributed by atoms with E-state index in [2.05, 4.69) is 20.3 Å². The largest absolute Gasteiger partial charge is 0.390 e. The Labute approximate surface area is 181 Å². The molecule has 0 saturated carbocycles. The molecule has 0 aromatic carbocycles. The molecule has 168 valence electrons. The lowest BCUT2D eigenvalue weighted by Crippen LogP contribution is -2.42. The number of carbonyl (C=O) groups excluding carboxylic acids is 1. The van der Waals surface area contributed by atoms with Gasteiger partial charge in [0.15, 0.2) is 0 Å². The number of aliphatic hydroxyl groups is 1. The van der Waals surface area contributed by atoms with Crippen LogP contribution in [0, 0.1) is 0 Å². The van der Waals surface area contributed by atoms with Gasteiger partial charge in [0, 0.05) is 52.4 Å². The molecule has 2 aromatic rings. The Bertz CT molecular complexity index is 987. The number of hydrogen-bond donors (Lipinski definition) is 5. The van der Waals surface area contributed by atoms with Gasteiger partial charge in [0.25, 0.3) is 0 Å². The predicted octanol–water partition coefficient (Wildman–Crippen LogP) is -1.30. The number of nitrogen functional groups attached to an aromatic ring is 1. The monoisotopic (exact) mass is 453 g/mol. The lowest BCUT2D eigenvalue weighted by molar-refractivity contribution is -0.122. The summed E-state index contributed by atoms with van der Waals surface area (Å²) >= 11 is 0. The maximum Gasteiger partial charge on any atom is 0.351 e. The van der Waals surface area contributed by atoms with Crippen molar-refractivity contribution in [1.82, 2.24) is 24.8 Å². The Morgan fingerprint density at radius 1 is 1.65 bits per heavy atom. The van der Waals surface area contributed by atoms with Crippen LogP contribution in [0.3, 0.4) is 0 Å². The summed E-state index contributed by atoms with van der Waals surface area (Å²) < 4.78 is 19.0. The minimum absolute atomic E-state index is 0.0265. The van der Waals surface area contributed by atoms with Gasteiger partial charge in [0.05, 0.1) is 26.4 Å². The van der Waals surface area contributed by atoms with Crippen LogP contribution in [0.2, 0.25) is 0 Å². The summed E-state index contributed by atoms with van der Waals surface area (Å²) in [5.74, 6) is -0.297. The van der Waals surface area contributed by atoms with Crippen LogP contribution in [0.1, 0.15) is 23.9 Å². The number of aliphatic hydroxyl groups excluding tert-OH is 1. The van der Waals surface area contributed by atoms with E-state index in [-0.39, 0.29) is 31.3 Å². The van der Waals surface area contributed by atoms with E-state index in [1.807, 2.05) is 0 Å². The molecule has 7 N–H and O–H groups in total. The quantitative estimate of drug-likeness (QED) is 0.273. The van der Waals surface area contributed by atoms with Crippen molar-refractivity contribution in [3.63, 3.8) is 0 Å². The van der Waals surface area contributed by atoms with Crippen LogP contribution in [0.5, 0.6) is 0 Å². The van der Waals surface area contributed by atoms with E-state index in [1.165, 1.54) is 17.1 Å². The summed E-state index contributed by atoms with van der Waals surface area (Å²) in [6, 6.07) is -0.726. The molecule has 1 aliphatic rings. The molecule has 0 bridgehead atoms. The van der Waals surface area contributed by atoms with Gasteiger partial charge in [0.1, 0.15) is 18.1 Å². The standard InChI is InChI=1S/C18H26N7O5P/c19-12(4-11-6-21-9-23-11)17(27)22-3-1-2-10-7-25(18(28)24-16(10)20)15-5-13(26)14(30-15)8-29-31/h1-2,6-7,9,12-15,26H,3-5,8,19,31H2,(H,21,23)(H,22,27)(H2,20,24,28)/i31T. The number of nitrogens with one attached hydrogen (secondary N) is 2. The molecule has 3 heterocycles. The third kappa shape index (κ3) is 5.96. The van der Waals surface area contributed by atoms with Gasteiger partial charge in [-0.25, -0.2) is 9.78 Å². The number of rotatable bonds is 10. The van der Waals surface area contributed by atoms with Crippen LogP contribution in [0.15, 0.2) is 29.6 Å². The number of nitrogens with zero attached hydrogens (tertiary/aromatic N) is 3. The second-order valence-electron chi connectivity index (χ2n) is 7.05. The molecule has 1 saturated heterocycles. The zero-order valence-corrected chi connectivity index (χ0v) is 17.6. The van der Waals surface area contributed by atoms with E-state index in [4.69, 9.17) is 22.0 Å². The van der Waals surface area contributed by atoms with Crippen molar-refractivity contribution in [3.05, 3.63) is 46.5 Å². The lowest BCUT2D eigenvalue weighted by atomic mass is 10.1. The molecule has 0 spiro atoms. The fourth-order valence-electron chi connectivity index (χ4n) is 3.15. The second-order valence-corrected chi connectivity index (χ2v) is 7.34. The average Bonchev–Trinajstić information content (AvgIpc) is 3.40. The number of aromatic amines is 1. The Morgan fingerprint density at radius 2 is 2.48 bits per heavy atom. The Balaban J connectivity index is 1.59. The molecule has 1 aliphatic heterocycles. The van der Waals surface area contributed by atoms with Crippen LogP contribution in [0.4, 0.5) is 5.82 Å². The van der Waals surface area contributed by atoms with Gasteiger partial charge in [0.2, 0.25) is 5.91 Å². The van der Waals surface area contributed by atoms with Crippen LogP contribution >= 0.6 is 9.41 Å². The topological polar surface area (TPSA) is 183 Å². The first kappa shape index (κ1) is 21.6. The Morgan fingerprint density at radius 3 is 3.23 bits per heavy atom. The Kier molecular flexibility index (Phi) is 7.39. The van der Waals surface area contributed by atoms with Crippen LogP contribution in [-0.2, 0) is 20.5 Å². The molecule has 0 aliphatic carbocycles. The molecule has 0 radical (unpaired) electrons. The summed E-state index contributed by atoms with van der Waals surface area (Å²) in [7, 11) is -0.473. The highest BCUT2D eigenvalue weighted by atomic mass is 31.0. The van der Waals surface area contributed by atoms with E-state index in [1.54, 1.807) is 18.3 Å². The van der Waals surface area contributed by atoms with Crippen LogP contribution in [-0.4, -0.2) is 63.2 Å². The van der Waals surface area contributed by atoms with E-state index in [0.29, 0.717) is 12.0 Å². The molecule has 1 amide bonds. The lowest BCUT2D eigenvalue weighted by Gasteiger charge is -2.16. The number of nitrogens with two attached hydrogens (primary N) is 2. The molecule has 3 rings (SSSR count). The van der Waals surface area contributed by atoms with E-state index in [0.717, 1.165) is 5.69 Å². The molecular weight excluding hydrogens is 425 g/mol. The van der Waals surface area contributed by atoms with Gasteiger partial charge >= 0.3 is 5.69 Å². The van der Waals surface area contributed by atoms with Crippen LogP contribution < -0.4 is 22.5 Å². The van der Waals surface area contributed by atoms with Crippen molar-refractivity contribution in [2.45, 2.75) is 37.3 Å². The van der Waals surface area contributed by atoms with Crippen molar-refractivity contribution in [1.29, 1.82) is 1.28 Å². The van der Waals surface area contributed by atoms with Crippen LogP contribution in [0.25, 0.3) is 6.08 Å². The molecule has 12 nitrogen and oxygen atoms in total. The zero-order valence-electron chi connectivity index (χ0n) is 17.6. The number of amides is 1. The molecule has 13 heteroatoms. The number of ether oxygens (including phenoxy) is 1. The number of hydrogen-bond acceptors (Lipinski definition) is 9. The highest BCUT2D eigenvalue weighted by Crippen LogP contribution is 2.28. The SMILES string of the molecule is [3H]POCC1OC(n2cc(C=CCNC(=O)C(N)Cc3cnc[nH]3)c(N)nc2=O)CC1O. The van der Waals surface area contributed by atoms with Crippen molar-refractivity contribution < 1.29 is 19.2 Å². The summed E-state index contributed by atoms with van der Waals surface area (Å²) in [4.78, 5) is 35.0. The fourth-order valence-corrected chi connectivity index (χ4v) is 3.32. The summed E-state index contributed by atoms with van der Waals surface area (Å²) in [5.41, 5.74) is 12.3. The van der Waals surface area contributed by atoms with E-state index < -0.39 is 39.6 Å². The molecular formula is C18H26N7O5P. The van der Waals surface area contributed by atoms with Gasteiger partial charge < -0.3 is 36.1 Å². The minimum Gasteiger partial charge on any atom is -0.390 e. The van der Waals surface area contributed by atoms with Crippen molar-refractivity contribution in [2.24, 2.45) is 5.73 Å². The van der Waals surface area contributed by atoms with Gasteiger partial charge in [-0.3, -0.25) is 9.36 Å².